The van der Waals surface area contributed by atoms with Crippen molar-refractivity contribution in [2.75, 3.05) is 32.7 Å². The molecule has 0 radical (unpaired) electrons. The molecule has 2 aromatic carbocycles. The van der Waals surface area contributed by atoms with Gasteiger partial charge in [-0.15, -0.1) is 0 Å². The summed E-state index contributed by atoms with van der Waals surface area (Å²) in [5, 5.41) is 9.51. The Morgan fingerprint density at radius 1 is 0.717 bits per heavy atom. The molecule has 0 heterocycles. The van der Waals surface area contributed by atoms with Gasteiger partial charge in [-0.2, -0.15) is 0 Å². The van der Waals surface area contributed by atoms with E-state index in [9.17, 15) is 37.5 Å². The molecular weight excluding hydrogens is 881 g/mol. The molecule has 0 aliphatic heterocycles. The first-order valence-corrected chi connectivity index (χ1v) is 17.7. The molecule has 0 aliphatic rings. The van der Waals surface area contributed by atoms with Crippen LogP contribution in [0.15, 0.2) is 40.9 Å². The van der Waals surface area contributed by atoms with Gasteiger partial charge >= 0.3 is 24.1 Å². The fourth-order valence-corrected chi connectivity index (χ4v) is 4.50. The molecule has 4 N–H and O–H groups in total. The second-order valence-electron chi connectivity index (χ2n) is 12.4. The smallest absolute Gasteiger partial charge is 0.408 e. The van der Waals surface area contributed by atoms with E-state index >= 15 is 0 Å². The fourth-order valence-electron chi connectivity index (χ4n) is 3.59. The number of esters is 2. The number of nitrogens with one attached hydrogen (secondary N) is 4. The molecule has 0 saturated carbocycles. The van der Waals surface area contributed by atoms with E-state index in [1.165, 1.54) is 52.6 Å². The van der Waals surface area contributed by atoms with Gasteiger partial charge in [-0.3, -0.25) is 9.59 Å². The number of alkyl carbamates (subject to hydrolysis) is 2. The highest BCUT2D eigenvalue weighted by atomic mass is 127. The van der Waals surface area contributed by atoms with Crippen LogP contribution in [0, 0.1) is 11.6 Å². The summed E-state index contributed by atoms with van der Waals surface area (Å²) in [5.74, 6) is -3.39. The average Bonchev–Trinajstić information content (AvgIpc) is 3.04. The van der Waals surface area contributed by atoms with E-state index in [0.717, 1.165) is 6.07 Å². The maximum atomic E-state index is 14.0. The second-order valence-corrected chi connectivity index (χ2v) is 14.2. The van der Waals surface area contributed by atoms with Crippen molar-refractivity contribution in [2.24, 2.45) is 0 Å². The number of rotatable bonds is 9. The molecule has 0 bridgehead atoms. The van der Waals surface area contributed by atoms with Crippen LogP contribution < -0.4 is 21.3 Å². The molecule has 2 aromatic rings. The lowest BCUT2D eigenvalue weighted by atomic mass is 10.0. The minimum Gasteiger partial charge on any atom is -0.467 e. The van der Waals surface area contributed by atoms with E-state index in [1.54, 1.807) is 47.6 Å². The molecule has 0 aromatic heterocycles. The minimum atomic E-state index is -1.05. The largest absolute Gasteiger partial charge is 0.467 e. The summed E-state index contributed by atoms with van der Waals surface area (Å²) in [6.45, 7) is 10.3. The molecule has 0 saturated heterocycles. The first-order valence-electron chi connectivity index (χ1n) is 15.4. The molecule has 18 heteroatoms. The normalized spacial score (nSPS) is 11.5. The van der Waals surface area contributed by atoms with Crippen LogP contribution in [0.25, 0.3) is 0 Å². The fraction of sp³-hybridized carbons (Fsp3) is 0.486. The third kappa shape index (κ3) is 20.7. The summed E-state index contributed by atoms with van der Waals surface area (Å²) < 4.78 is 47.4. The number of hydrogen-bond donors (Lipinski definition) is 4. The van der Waals surface area contributed by atoms with E-state index in [1.807, 2.05) is 22.6 Å². The Morgan fingerprint density at radius 3 is 1.47 bits per heavy atom. The number of amides is 4. The van der Waals surface area contributed by atoms with Gasteiger partial charge in [0.1, 0.15) is 34.9 Å². The van der Waals surface area contributed by atoms with Crippen molar-refractivity contribution in [3.63, 3.8) is 0 Å². The number of carbonyl (C=O) groups excluding carboxylic acids is 6. The van der Waals surface area contributed by atoms with Gasteiger partial charge in [0.05, 0.1) is 25.3 Å². The zero-order valence-electron chi connectivity index (χ0n) is 30.6. The van der Waals surface area contributed by atoms with Gasteiger partial charge in [-0.1, -0.05) is 52.0 Å². The van der Waals surface area contributed by atoms with E-state index in [4.69, 9.17) is 9.47 Å². The molecule has 0 aliphatic carbocycles. The molecule has 4 amide bonds. The maximum Gasteiger partial charge on any atom is 0.408 e. The van der Waals surface area contributed by atoms with Crippen LogP contribution in [-0.2, 0) is 35.0 Å². The summed E-state index contributed by atoms with van der Waals surface area (Å²) in [6.07, 6.45) is -1.42. The highest BCUT2D eigenvalue weighted by molar-refractivity contribution is 14.1. The van der Waals surface area contributed by atoms with Crippen LogP contribution >= 0.6 is 38.5 Å². The van der Waals surface area contributed by atoms with Crippen molar-refractivity contribution >= 4 is 74.5 Å². The van der Waals surface area contributed by atoms with Crippen molar-refractivity contribution in [2.45, 2.75) is 78.7 Å². The average molecular weight is 932 g/mol. The predicted molar refractivity (Wildman–Crippen MR) is 207 cm³/mol. The van der Waals surface area contributed by atoms with E-state index in [2.05, 4.69) is 46.7 Å². The van der Waals surface area contributed by atoms with Gasteiger partial charge < -0.3 is 40.2 Å². The number of benzene rings is 2. The maximum absolute atomic E-state index is 14.0. The van der Waals surface area contributed by atoms with Gasteiger partial charge in [-0.25, -0.2) is 28.0 Å². The third-order valence-corrected chi connectivity index (χ3v) is 7.23. The number of hydrogen-bond acceptors (Lipinski definition) is 10. The van der Waals surface area contributed by atoms with Gasteiger partial charge in [-0.05, 0) is 77.4 Å². The molecule has 53 heavy (non-hydrogen) atoms. The highest BCUT2D eigenvalue weighted by Gasteiger charge is 2.26. The minimum absolute atomic E-state index is 0. The van der Waals surface area contributed by atoms with Crippen molar-refractivity contribution < 1.29 is 56.5 Å². The molecular formula is C35H50BrF2IN4O10. The molecule has 0 spiro atoms. The topological polar surface area (TPSA) is 187 Å². The van der Waals surface area contributed by atoms with Crippen LogP contribution in [0.3, 0.4) is 0 Å². The Labute approximate surface area is 331 Å². The van der Waals surface area contributed by atoms with Crippen molar-refractivity contribution in [1.29, 1.82) is 0 Å². The lowest BCUT2D eigenvalue weighted by Crippen LogP contribution is -2.45. The second kappa shape index (κ2) is 24.3. The third-order valence-electron chi connectivity index (χ3n) is 5.86. The van der Waals surface area contributed by atoms with Gasteiger partial charge in [0, 0.05) is 29.4 Å². The Balaban J connectivity index is 0. The quantitative estimate of drug-likeness (QED) is 0.103. The number of alkyl halides is 1. The standard InChI is InChI=1S/C17H23FN2O5.C9H16INO4.C8H7BrFNO.CH4/c1-17(2,3)25-16(23)20-13(15(22)24-5)9-10-6-7-11(12(18)8-10)14(21)19-4;1-9(2,3)15-8(13)11-6(5-10)7(12)14-4;1-11-8(12)6-3-2-5(9)4-7(6)10;/h6-8,13H,9H2,1-5H3,(H,19,21)(H,20,23);6H,5H2,1-4H3,(H,11,13);2-4H,1H3,(H,11,12);1H4. The van der Waals surface area contributed by atoms with Crippen molar-refractivity contribution in [3.8, 4) is 0 Å². The SMILES string of the molecule is C.CNC(=O)c1ccc(Br)cc1F.CNC(=O)c1ccc(CC(NC(=O)OC(C)(C)C)C(=O)OC)cc1F.COC(=O)C(CI)NC(=O)OC(C)(C)C. The molecule has 2 atom stereocenters. The summed E-state index contributed by atoms with van der Waals surface area (Å²) >= 11 is 5.08. The molecule has 298 valence electrons. The van der Waals surface area contributed by atoms with Gasteiger partial charge in [0.2, 0.25) is 0 Å². The van der Waals surface area contributed by atoms with E-state index < -0.39 is 70.9 Å². The molecule has 14 nitrogen and oxygen atoms in total. The zero-order valence-corrected chi connectivity index (χ0v) is 34.4. The molecule has 2 unspecified atom stereocenters. The first-order chi connectivity index (χ1) is 24.0. The van der Waals surface area contributed by atoms with Crippen molar-refractivity contribution in [3.05, 3.63) is 69.2 Å². The monoisotopic (exact) mass is 930 g/mol. The van der Waals surface area contributed by atoms with Crippen LogP contribution in [0.1, 0.15) is 75.2 Å². The summed E-state index contributed by atoms with van der Waals surface area (Å²) in [4.78, 5) is 68.7. The lowest BCUT2D eigenvalue weighted by molar-refractivity contribution is -0.143. The Morgan fingerprint density at radius 2 is 1.11 bits per heavy atom. The number of methoxy groups -OCH3 is 2. The van der Waals surface area contributed by atoms with Crippen LogP contribution in [0.5, 0.6) is 0 Å². The number of halogens is 4. The van der Waals surface area contributed by atoms with Crippen LogP contribution in [0.4, 0.5) is 18.4 Å². The lowest BCUT2D eigenvalue weighted by Gasteiger charge is -2.22. The Hall–Kier alpha value is -4.07. The van der Waals surface area contributed by atoms with Gasteiger partial charge in [0.25, 0.3) is 11.8 Å². The van der Waals surface area contributed by atoms with Gasteiger partial charge in [0.15, 0.2) is 0 Å². The van der Waals surface area contributed by atoms with Crippen LogP contribution in [0.2, 0.25) is 0 Å². The molecule has 0 fully saturated rings. The van der Waals surface area contributed by atoms with E-state index in [-0.39, 0.29) is 25.0 Å². The summed E-state index contributed by atoms with van der Waals surface area (Å²) in [5.41, 5.74) is -0.944. The van der Waals surface area contributed by atoms with Crippen molar-refractivity contribution in [1.82, 2.24) is 21.3 Å². The first kappa shape index (κ1) is 51.0. The summed E-state index contributed by atoms with van der Waals surface area (Å²) in [7, 11) is 5.32. The Kier molecular flexibility index (Phi) is 23.4. The number of carbonyl (C=O) groups is 6. The number of ether oxygens (including phenoxy) is 4. The van der Waals surface area contributed by atoms with E-state index in [0.29, 0.717) is 14.5 Å². The molecule has 2 rings (SSSR count). The van der Waals surface area contributed by atoms with Crippen LogP contribution in [-0.4, -0.2) is 92.0 Å². The summed E-state index contributed by atoms with van der Waals surface area (Å²) in [6, 6.07) is 6.54. The highest BCUT2D eigenvalue weighted by Crippen LogP contribution is 2.16. The Bertz CT molecular complexity index is 1550. The zero-order chi connectivity index (χ0) is 40.4. The predicted octanol–water partition coefficient (Wildman–Crippen LogP) is 5.87.